The Morgan fingerprint density at radius 3 is 0.807 bits per heavy atom. The van der Waals surface area contributed by atoms with Crippen LogP contribution in [0.3, 0.4) is 0 Å². The monoisotopic (exact) mass is 1240 g/mol. The van der Waals surface area contributed by atoms with E-state index in [1.807, 2.05) is 6.08 Å². The van der Waals surface area contributed by atoms with E-state index < -0.39 is 12.1 Å². The van der Waals surface area contributed by atoms with Gasteiger partial charge in [-0.05, 0) is 83.5 Å². The van der Waals surface area contributed by atoms with Crippen molar-refractivity contribution >= 4 is 11.9 Å². The number of aliphatic hydroxyl groups is 2. The summed E-state index contributed by atoms with van der Waals surface area (Å²) in [5, 5.41) is 23.3. The zero-order valence-electron chi connectivity index (χ0n) is 59.7. The minimum absolute atomic E-state index is 0.0164. The molecule has 2 atom stereocenters. The van der Waals surface area contributed by atoms with Crippen molar-refractivity contribution in [1.82, 2.24) is 5.32 Å². The third-order valence-corrected chi connectivity index (χ3v) is 18.9. The van der Waals surface area contributed by atoms with Crippen LogP contribution in [0.4, 0.5) is 0 Å². The normalized spacial score (nSPS) is 12.6. The van der Waals surface area contributed by atoms with E-state index in [0.717, 1.165) is 44.9 Å². The number of unbranched alkanes of at least 4 members (excludes halogenated alkanes) is 61. The highest BCUT2D eigenvalue weighted by atomic mass is 16.5. The van der Waals surface area contributed by atoms with Gasteiger partial charge in [-0.25, -0.2) is 0 Å². The zero-order chi connectivity index (χ0) is 63.5. The van der Waals surface area contributed by atoms with Gasteiger partial charge in [0.2, 0.25) is 5.91 Å². The Morgan fingerprint density at radius 1 is 0.307 bits per heavy atom. The van der Waals surface area contributed by atoms with E-state index >= 15 is 0 Å². The van der Waals surface area contributed by atoms with E-state index in [1.165, 1.54) is 379 Å². The molecule has 0 aromatic rings. The first-order chi connectivity index (χ1) is 43.5. The maximum atomic E-state index is 12.5. The second kappa shape index (κ2) is 77.5. The van der Waals surface area contributed by atoms with Crippen molar-refractivity contribution in [2.45, 2.75) is 463 Å². The van der Waals surface area contributed by atoms with Gasteiger partial charge < -0.3 is 20.3 Å². The Balaban J connectivity index is 3.36. The summed E-state index contributed by atoms with van der Waals surface area (Å²) in [6, 6.07) is -0.627. The predicted octanol–water partition coefficient (Wildman–Crippen LogP) is 26.6. The fraction of sp³-hybridized carbons (Fsp3) is 0.902. The summed E-state index contributed by atoms with van der Waals surface area (Å²) in [7, 11) is 0. The van der Waals surface area contributed by atoms with Gasteiger partial charge in [0.15, 0.2) is 0 Å². The van der Waals surface area contributed by atoms with E-state index in [4.69, 9.17) is 4.74 Å². The van der Waals surface area contributed by atoms with Crippen LogP contribution in [0.2, 0.25) is 0 Å². The molecule has 6 heteroatoms. The van der Waals surface area contributed by atoms with Crippen molar-refractivity contribution in [3.8, 4) is 0 Å². The summed E-state index contributed by atoms with van der Waals surface area (Å²) in [6.07, 6.45) is 101. The Labute approximate surface area is 551 Å². The van der Waals surface area contributed by atoms with Crippen LogP contribution < -0.4 is 5.32 Å². The third-order valence-electron chi connectivity index (χ3n) is 18.9. The molecule has 0 radical (unpaired) electrons. The highest BCUT2D eigenvalue weighted by Crippen LogP contribution is 2.20. The van der Waals surface area contributed by atoms with Crippen LogP contribution in [0.1, 0.15) is 450 Å². The molecular weight excluding hydrogens is 1080 g/mol. The molecule has 0 aliphatic rings. The van der Waals surface area contributed by atoms with Gasteiger partial charge in [0.25, 0.3) is 0 Å². The number of allylic oxidation sites excluding steroid dienone is 5. The van der Waals surface area contributed by atoms with Crippen LogP contribution in [-0.2, 0) is 14.3 Å². The summed E-state index contributed by atoms with van der Waals surface area (Å²) in [4.78, 5) is 24.7. The topological polar surface area (TPSA) is 95.9 Å². The van der Waals surface area contributed by atoms with Gasteiger partial charge in [-0.3, -0.25) is 9.59 Å². The molecule has 88 heavy (non-hydrogen) atoms. The molecule has 2 unspecified atom stereocenters. The molecule has 3 N–H and O–H groups in total. The lowest BCUT2D eigenvalue weighted by molar-refractivity contribution is -0.143. The molecule has 6 nitrogen and oxygen atoms in total. The molecule has 1 amide bonds. The fourth-order valence-corrected chi connectivity index (χ4v) is 12.7. The standard InChI is InChI=1S/C82H157NO5/c1-3-5-7-9-11-13-15-17-19-21-23-39-42-46-50-54-58-62-66-70-74-80(85)79(78-84)83-81(86)75-71-67-63-59-55-51-47-43-40-37-35-33-31-29-27-25-24-26-28-30-32-34-36-38-41-45-49-53-57-61-65-69-73-77-88-82(87)76-72-68-64-60-56-52-48-44-22-20-18-16-14-12-10-8-6-4-2/h20,22,28,30,70,74,79-80,84-85H,3-19,21,23-27,29,31-69,71-73,75-78H2,1-2H3,(H,83,86)/b22-20-,30-28-,74-70+. The molecule has 0 rings (SSSR count). The Kier molecular flexibility index (Phi) is 75.8. The van der Waals surface area contributed by atoms with Gasteiger partial charge >= 0.3 is 5.97 Å². The zero-order valence-corrected chi connectivity index (χ0v) is 59.7. The average Bonchev–Trinajstić information content (AvgIpc) is 3.58. The van der Waals surface area contributed by atoms with Gasteiger partial charge in [0.1, 0.15) is 0 Å². The van der Waals surface area contributed by atoms with E-state index in [0.29, 0.717) is 19.4 Å². The largest absolute Gasteiger partial charge is 0.466 e. The van der Waals surface area contributed by atoms with Crippen LogP contribution in [-0.4, -0.2) is 47.4 Å². The van der Waals surface area contributed by atoms with Crippen molar-refractivity contribution in [3.05, 3.63) is 36.5 Å². The Bertz CT molecular complexity index is 1430. The van der Waals surface area contributed by atoms with Crippen molar-refractivity contribution in [2.24, 2.45) is 0 Å². The molecule has 0 heterocycles. The molecule has 0 spiro atoms. The van der Waals surface area contributed by atoms with Crippen molar-refractivity contribution < 1.29 is 24.5 Å². The highest BCUT2D eigenvalue weighted by molar-refractivity contribution is 5.76. The van der Waals surface area contributed by atoms with Crippen LogP contribution in [0.5, 0.6) is 0 Å². The summed E-state index contributed by atoms with van der Waals surface area (Å²) in [6.45, 7) is 4.95. The summed E-state index contributed by atoms with van der Waals surface area (Å²) >= 11 is 0. The molecule has 0 aromatic carbocycles. The Hall–Kier alpha value is -1.92. The lowest BCUT2D eigenvalue weighted by atomic mass is 10.0. The van der Waals surface area contributed by atoms with Crippen LogP contribution >= 0.6 is 0 Å². The summed E-state index contributed by atoms with van der Waals surface area (Å²) < 4.78 is 5.51. The number of hydrogen-bond acceptors (Lipinski definition) is 5. The van der Waals surface area contributed by atoms with Crippen LogP contribution in [0.15, 0.2) is 36.5 Å². The molecule has 520 valence electrons. The van der Waals surface area contributed by atoms with Crippen molar-refractivity contribution in [2.75, 3.05) is 13.2 Å². The molecular formula is C82H157NO5. The number of carbonyl (C=O) groups excluding carboxylic acids is 2. The second-order valence-corrected chi connectivity index (χ2v) is 27.7. The number of amides is 1. The van der Waals surface area contributed by atoms with Gasteiger partial charge in [-0.2, -0.15) is 0 Å². The molecule has 0 saturated heterocycles. The first-order valence-corrected chi connectivity index (χ1v) is 40.3. The highest BCUT2D eigenvalue weighted by Gasteiger charge is 2.18. The fourth-order valence-electron chi connectivity index (χ4n) is 12.7. The minimum Gasteiger partial charge on any atom is -0.466 e. The van der Waals surface area contributed by atoms with E-state index in [2.05, 4.69) is 43.5 Å². The molecule has 0 bridgehead atoms. The number of nitrogens with one attached hydrogen (secondary N) is 1. The van der Waals surface area contributed by atoms with Gasteiger partial charge in [0.05, 0.1) is 25.4 Å². The lowest BCUT2D eigenvalue weighted by Gasteiger charge is -2.20. The average molecular weight is 1240 g/mol. The number of esters is 1. The first kappa shape index (κ1) is 86.1. The predicted molar refractivity (Wildman–Crippen MR) is 389 cm³/mol. The van der Waals surface area contributed by atoms with Crippen molar-refractivity contribution in [1.29, 1.82) is 0 Å². The smallest absolute Gasteiger partial charge is 0.305 e. The second-order valence-electron chi connectivity index (χ2n) is 27.7. The number of rotatable bonds is 76. The maximum Gasteiger partial charge on any atom is 0.305 e. The first-order valence-electron chi connectivity index (χ1n) is 40.3. The minimum atomic E-state index is -0.843. The molecule has 0 saturated carbocycles. The van der Waals surface area contributed by atoms with Gasteiger partial charge in [0, 0.05) is 12.8 Å². The molecule has 0 fully saturated rings. The number of carbonyl (C=O) groups is 2. The summed E-state index contributed by atoms with van der Waals surface area (Å²) in [5.74, 6) is -0.0442. The molecule has 0 aromatic heterocycles. The van der Waals surface area contributed by atoms with Crippen molar-refractivity contribution in [3.63, 3.8) is 0 Å². The quantitative estimate of drug-likeness (QED) is 0.0320. The molecule has 0 aliphatic carbocycles. The van der Waals surface area contributed by atoms with Crippen LogP contribution in [0, 0.1) is 0 Å². The molecule has 0 aliphatic heterocycles. The van der Waals surface area contributed by atoms with Crippen LogP contribution in [0.25, 0.3) is 0 Å². The maximum absolute atomic E-state index is 12.5. The van der Waals surface area contributed by atoms with E-state index in [-0.39, 0.29) is 18.5 Å². The SMILES string of the molecule is CCCCCCCCC/C=C\CCCCCCCCCC(=O)OCCCCCCCCCCCCCC/C=C\CCCCCCCCCCCCCCCCCCCC(=O)NC(CO)C(O)/C=C/CCCCCCCCCCCCCCCCCCCC. The Morgan fingerprint density at radius 2 is 0.534 bits per heavy atom. The third kappa shape index (κ3) is 73.1. The number of hydrogen-bond donors (Lipinski definition) is 3. The number of ether oxygens (including phenoxy) is 1. The number of aliphatic hydroxyl groups excluding tert-OH is 2. The van der Waals surface area contributed by atoms with E-state index in [9.17, 15) is 19.8 Å². The van der Waals surface area contributed by atoms with Gasteiger partial charge in [-0.15, -0.1) is 0 Å². The lowest BCUT2D eigenvalue weighted by Crippen LogP contribution is -2.45. The van der Waals surface area contributed by atoms with Gasteiger partial charge in [-0.1, -0.05) is 391 Å². The van der Waals surface area contributed by atoms with E-state index in [1.54, 1.807) is 6.08 Å². The summed E-state index contributed by atoms with van der Waals surface area (Å²) in [5.41, 5.74) is 0.